The molecule has 5 nitrogen and oxygen atoms in total. The lowest BCUT2D eigenvalue weighted by molar-refractivity contribution is -0.136. The van der Waals surface area contributed by atoms with Crippen LogP contribution in [-0.4, -0.2) is 18.0 Å². The van der Waals surface area contributed by atoms with Gasteiger partial charge in [0, 0.05) is 16.3 Å². The molecule has 2 rings (SSSR count). The van der Waals surface area contributed by atoms with Gasteiger partial charge in [0.1, 0.15) is 0 Å². The molecule has 0 saturated carbocycles. The second kappa shape index (κ2) is 7.97. The van der Waals surface area contributed by atoms with E-state index >= 15 is 0 Å². The number of rotatable bonds is 3. The van der Waals surface area contributed by atoms with Gasteiger partial charge in [-0.3, -0.25) is 9.59 Å². The zero-order valence-electron chi connectivity index (χ0n) is 11.5. The van der Waals surface area contributed by atoms with Crippen LogP contribution in [0.25, 0.3) is 0 Å². The predicted molar refractivity (Wildman–Crippen MR) is 92.3 cm³/mol. The highest BCUT2D eigenvalue weighted by Crippen LogP contribution is 2.22. The Kier molecular flexibility index (Phi) is 5.98. The van der Waals surface area contributed by atoms with Crippen molar-refractivity contribution in [3.05, 3.63) is 63.1 Å². The average molecular weight is 371 g/mol. The first-order valence-corrected chi connectivity index (χ1v) is 7.44. The van der Waals surface area contributed by atoms with Crippen LogP contribution in [0, 0.1) is 0 Å². The van der Waals surface area contributed by atoms with E-state index < -0.39 is 11.8 Å². The van der Waals surface area contributed by atoms with Crippen molar-refractivity contribution in [2.45, 2.75) is 0 Å². The first kappa shape index (κ1) is 17.3. The van der Waals surface area contributed by atoms with Crippen LogP contribution in [0.4, 0.5) is 5.69 Å². The van der Waals surface area contributed by atoms with Crippen LogP contribution in [0.2, 0.25) is 15.1 Å². The van der Waals surface area contributed by atoms with Crippen molar-refractivity contribution in [2.24, 2.45) is 5.10 Å². The van der Waals surface area contributed by atoms with Crippen molar-refractivity contribution >= 4 is 58.5 Å². The number of amides is 2. The maximum Gasteiger partial charge on any atom is 0.329 e. The SMILES string of the molecule is O=C(N/N=C/c1c(Cl)cccc1Cl)C(=O)Nc1ccc(Cl)cc1. The van der Waals surface area contributed by atoms with Gasteiger partial charge in [-0.1, -0.05) is 40.9 Å². The molecule has 0 fully saturated rings. The second-order valence-electron chi connectivity index (χ2n) is 4.30. The van der Waals surface area contributed by atoms with Gasteiger partial charge in [-0.05, 0) is 36.4 Å². The molecule has 0 atom stereocenters. The number of carbonyl (C=O) groups excluding carboxylic acids is 2. The third-order valence-electron chi connectivity index (χ3n) is 2.67. The minimum atomic E-state index is -0.931. The fraction of sp³-hybridized carbons (Fsp3) is 0. The molecule has 2 N–H and O–H groups in total. The third-order valence-corrected chi connectivity index (χ3v) is 3.58. The van der Waals surface area contributed by atoms with Crippen molar-refractivity contribution in [2.75, 3.05) is 5.32 Å². The smallest absolute Gasteiger partial charge is 0.318 e. The Morgan fingerprint density at radius 3 is 2.13 bits per heavy atom. The number of hydrogen-bond donors (Lipinski definition) is 2. The summed E-state index contributed by atoms with van der Waals surface area (Å²) in [5.74, 6) is -1.80. The van der Waals surface area contributed by atoms with E-state index in [0.717, 1.165) is 0 Å². The molecule has 8 heteroatoms. The molecular formula is C15H10Cl3N3O2. The Morgan fingerprint density at radius 2 is 1.52 bits per heavy atom. The summed E-state index contributed by atoms with van der Waals surface area (Å²) in [6.07, 6.45) is 1.26. The third kappa shape index (κ3) is 4.96. The van der Waals surface area contributed by atoms with Crippen LogP contribution < -0.4 is 10.7 Å². The quantitative estimate of drug-likeness (QED) is 0.491. The van der Waals surface area contributed by atoms with E-state index in [4.69, 9.17) is 34.8 Å². The van der Waals surface area contributed by atoms with Crippen molar-refractivity contribution in [1.82, 2.24) is 5.43 Å². The minimum Gasteiger partial charge on any atom is -0.318 e. The summed E-state index contributed by atoms with van der Waals surface area (Å²) in [7, 11) is 0. The minimum absolute atomic E-state index is 0.376. The summed E-state index contributed by atoms with van der Waals surface area (Å²) in [5, 5.41) is 7.34. The van der Waals surface area contributed by atoms with E-state index in [0.29, 0.717) is 26.3 Å². The number of nitrogens with one attached hydrogen (secondary N) is 2. The summed E-state index contributed by atoms with van der Waals surface area (Å²) in [6, 6.07) is 11.3. The van der Waals surface area contributed by atoms with Crippen molar-refractivity contribution in [1.29, 1.82) is 0 Å². The van der Waals surface area contributed by atoms with Crippen molar-refractivity contribution in [3.8, 4) is 0 Å². The van der Waals surface area contributed by atoms with Gasteiger partial charge < -0.3 is 5.32 Å². The Morgan fingerprint density at radius 1 is 0.913 bits per heavy atom. The highest BCUT2D eigenvalue weighted by atomic mass is 35.5. The summed E-state index contributed by atoms with van der Waals surface area (Å²) < 4.78 is 0. The molecule has 0 aromatic heterocycles. The fourth-order valence-electron chi connectivity index (χ4n) is 1.56. The molecule has 0 aliphatic rings. The number of halogens is 3. The normalized spacial score (nSPS) is 10.6. The maximum absolute atomic E-state index is 11.7. The molecule has 0 aliphatic heterocycles. The number of carbonyl (C=O) groups is 2. The molecule has 0 unspecified atom stereocenters. The zero-order valence-corrected chi connectivity index (χ0v) is 13.8. The molecule has 0 radical (unpaired) electrons. The Hall–Kier alpha value is -2.08. The van der Waals surface area contributed by atoms with E-state index in [1.165, 1.54) is 6.21 Å². The molecule has 0 saturated heterocycles. The van der Waals surface area contributed by atoms with Gasteiger partial charge in [0.2, 0.25) is 0 Å². The van der Waals surface area contributed by atoms with Crippen molar-refractivity contribution in [3.63, 3.8) is 0 Å². The standard InChI is InChI=1S/C15H10Cl3N3O2/c16-9-4-6-10(7-5-9)20-14(22)15(23)21-19-8-11-12(17)2-1-3-13(11)18/h1-8H,(H,20,22)(H,21,23)/b19-8+. The molecule has 2 aromatic carbocycles. The van der Waals surface area contributed by atoms with E-state index in [1.807, 2.05) is 0 Å². The molecule has 0 spiro atoms. The van der Waals surface area contributed by atoms with Crippen LogP contribution in [0.5, 0.6) is 0 Å². The van der Waals surface area contributed by atoms with Crippen molar-refractivity contribution < 1.29 is 9.59 Å². The summed E-state index contributed by atoms with van der Waals surface area (Å²) >= 11 is 17.6. The van der Waals surface area contributed by atoms with E-state index in [1.54, 1.807) is 42.5 Å². The zero-order chi connectivity index (χ0) is 16.8. The first-order chi connectivity index (χ1) is 11.0. The summed E-state index contributed by atoms with van der Waals surface area (Å²) in [6.45, 7) is 0. The second-order valence-corrected chi connectivity index (χ2v) is 5.55. The van der Waals surface area contributed by atoms with Crippen LogP contribution in [-0.2, 0) is 9.59 Å². The van der Waals surface area contributed by atoms with Gasteiger partial charge in [-0.15, -0.1) is 0 Å². The van der Waals surface area contributed by atoms with Crippen LogP contribution in [0.3, 0.4) is 0 Å². The first-order valence-electron chi connectivity index (χ1n) is 6.31. The maximum atomic E-state index is 11.7. The molecule has 2 aromatic rings. The van der Waals surface area contributed by atoms with Crippen LogP contribution in [0.1, 0.15) is 5.56 Å². The van der Waals surface area contributed by atoms with E-state index in [-0.39, 0.29) is 0 Å². The number of benzene rings is 2. The topological polar surface area (TPSA) is 70.6 Å². The summed E-state index contributed by atoms with van der Waals surface area (Å²) in [5.41, 5.74) is 2.97. The van der Waals surface area contributed by atoms with Gasteiger partial charge in [0.25, 0.3) is 0 Å². The lowest BCUT2D eigenvalue weighted by Crippen LogP contribution is -2.32. The number of hydrogen-bond acceptors (Lipinski definition) is 3. The van der Waals surface area contributed by atoms with Gasteiger partial charge in [0.05, 0.1) is 16.3 Å². The molecule has 2 amide bonds. The molecule has 0 heterocycles. The van der Waals surface area contributed by atoms with Gasteiger partial charge in [0.15, 0.2) is 0 Å². The predicted octanol–water partition coefficient (Wildman–Crippen LogP) is 3.74. The Labute approximate surface area is 147 Å². The van der Waals surface area contributed by atoms with Crippen LogP contribution >= 0.6 is 34.8 Å². The molecule has 118 valence electrons. The average Bonchev–Trinajstić information content (AvgIpc) is 2.52. The molecule has 0 aliphatic carbocycles. The Bertz CT molecular complexity index is 741. The summed E-state index contributed by atoms with van der Waals surface area (Å²) in [4.78, 5) is 23.3. The highest BCUT2D eigenvalue weighted by molar-refractivity contribution is 6.40. The molecule has 0 bridgehead atoms. The molecular weight excluding hydrogens is 361 g/mol. The lowest BCUT2D eigenvalue weighted by atomic mass is 10.2. The highest BCUT2D eigenvalue weighted by Gasteiger charge is 2.12. The fourth-order valence-corrected chi connectivity index (χ4v) is 2.18. The van der Waals surface area contributed by atoms with E-state index in [9.17, 15) is 9.59 Å². The van der Waals surface area contributed by atoms with Gasteiger partial charge in [-0.25, -0.2) is 5.43 Å². The van der Waals surface area contributed by atoms with Gasteiger partial charge in [-0.2, -0.15) is 5.10 Å². The van der Waals surface area contributed by atoms with Crippen LogP contribution in [0.15, 0.2) is 47.6 Å². The Balaban J connectivity index is 1.95. The number of hydrazone groups is 1. The number of nitrogens with zero attached hydrogens (tertiary/aromatic N) is 1. The van der Waals surface area contributed by atoms with Gasteiger partial charge >= 0.3 is 11.8 Å². The monoisotopic (exact) mass is 369 g/mol. The molecule has 23 heavy (non-hydrogen) atoms. The number of anilines is 1. The van der Waals surface area contributed by atoms with E-state index in [2.05, 4.69) is 15.8 Å². The lowest BCUT2D eigenvalue weighted by Gasteiger charge is -2.04. The largest absolute Gasteiger partial charge is 0.329 e.